The number of aliphatic hydroxyl groups is 1. The van der Waals surface area contributed by atoms with Gasteiger partial charge < -0.3 is 15.3 Å². The topological polar surface area (TPSA) is 77.8 Å². The van der Waals surface area contributed by atoms with Crippen LogP contribution in [-0.4, -0.2) is 27.4 Å². The first-order valence-corrected chi connectivity index (χ1v) is 5.05. The third-order valence-electron chi connectivity index (χ3n) is 2.60. The number of rotatable bonds is 3. The van der Waals surface area contributed by atoms with Gasteiger partial charge in [-0.15, -0.1) is 0 Å². The monoisotopic (exact) mass is 244 g/mol. The SMILES string of the molecule is CC(C)(c1cccc(Cl)c1O)C(O)C(=O)O. The van der Waals surface area contributed by atoms with Crippen molar-refractivity contribution in [3.8, 4) is 5.75 Å². The molecule has 0 aliphatic rings. The summed E-state index contributed by atoms with van der Waals surface area (Å²) in [6.07, 6.45) is -1.61. The van der Waals surface area contributed by atoms with Crippen LogP contribution in [0, 0.1) is 0 Å². The van der Waals surface area contributed by atoms with Gasteiger partial charge in [-0.1, -0.05) is 37.6 Å². The van der Waals surface area contributed by atoms with Crippen LogP contribution in [0.1, 0.15) is 19.4 Å². The number of aliphatic carboxylic acids is 1. The van der Waals surface area contributed by atoms with E-state index in [9.17, 15) is 15.0 Å². The molecular formula is C11H13ClO4. The van der Waals surface area contributed by atoms with E-state index in [0.717, 1.165) is 0 Å². The summed E-state index contributed by atoms with van der Waals surface area (Å²) in [6.45, 7) is 3.05. The van der Waals surface area contributed by atoms with Crippen molar-refractivity contribution < 1.29 is 20.1 Å². The lowest BCUT2D eigenvalue weighted by atomic mass is 9.79. The molecule has 88 valence electrons. The Morgan fingerprint density at radius 2 is 2.00 bits per heavy atom. The number of carbonyl (C=O) groups is 1. The molecule has 0 aliphatic carbocycles. The van der Waals surface area contributed by atoms with E-state index >= 15 is 0 Å². The van der Waals surface area contributed by atoms with Crippen molar-refractivity contribution in [1.29, 1.82) is 0 Å². The molecule has 16 heavy (non-hydrogen) atoms. The standard InChI is InChI=1S/C11H13ClO4/c1-11(2,9(14)10(15)16)6-4-3-5-7(12)8(6)13/h3-5,9,13-14H,1-2H3,(H,15,16). The first-order chi connectivity index (χ1) is 7.28. The van der Waals surface area contributed by atoms with Crippen molar-refractivity contribution in [2.45, 2.75) is 25.4 Å². The third-order valence-corrected chi connectivity index (χ3v) is 2.90. The highest BCUT2D eigenvalue weighted by Crippen LogP contribution is 2.37. The molecule has 0 heterocycles. The molecule has 0 spiro atoms. The van der Waals surface area contributed by atoms with Crippen LogP contribution >= 0.6 is 11.6 Å². The minimum Gasteiger partial charge on any atom is -0.506 e. The fourth-order valence-corrected chi connectivity index (χ4v) is 1.67. The first kappa shape index (κ1) is 12.8. The second-order valence-corrected chi connectivity index (χ2v) is 4.51. The average Bonchev–Trinajstić information content (AvgIpc) is 2.20. The first-order valence-electron chi connectivity index (χ1n) is 4.67. The maximum Gasteiger partial charge on any atom is 0.333 e. The molecule has 5 heteroatoms. The predicted molar refractivity (Wildman–Crippen MR) is 59.8 cm³/mol. The fourth-order valence-electron chi connectivity index (χ4n) is 1.49. The summed E-state index contributed by atoms with van der Waals surface area (Å²) in [5.41, 5.74) is -0.823. The second kappa shape index (κ2) is 4.31. The lowest BCUT2D eigenvalue weighted by Crippen LogP contribution is -2.39. The van der Waals surface area contributed by atoms with E-state index in [0.29, 0.717) is 5.56 Å². The zero-order chi connectivity index (χ0) is 12.5. The van der Waals surface area contributed by atoms with Crippen LogP contribution in [0.2, 0.25) is 5.02 Å². The van der Waals surface area contributed by atoms with Crippen molar-refractivity contribution in [2.75, 3.05) is 0 Å². The zero-order valence-corrected chi connectivity index (χ0v) is 9.69. The summed E-state index contributed by atoms with van der Waals surface area (Å²) in [5, 5.41) is 28.2. The van der Waals surface area contributed by atoms with Crippen molar-refractivity contribution in [1.82, 2.24) is 0 Å². The average molecular weight is 245 g/mol. The molecule has 0 fully saturated rings. The molecule has 1 atom stereocenters. The van der Waals surface area contributed by atoms with Crippen LogP contribution in [0.5, 0.6) is 5.75 Å². The minimum atomic E-state index is -1.61. The molecule has 0 aliphatic heterocycles. The Labute approximate surface area is 98.1 Å². The van der Waals surface area contributed by atoms with Crippen molar-refractivity contribution >= 4 is 17.6 Å². The van der Waals surface area contributed by atoms with Crippen molar-refractivity contribution in [3.63, 3.8) is 0 Å². The van der Waals surface area contributed by atoms with E-state index in [-0.39, 0.29) is 10.8 Å². The number of aliphatic hydroxyl groups excluding tert-OH is 1. The van der Waals surface area contributed by atoms with Crippen LogP contribution in [0.4, 0.5) is 0 Å². The van der Waals surface area contributed by atoms with Gasteiger partial charge in [0.25, 0.3) is 0 Å². The van der Waals surface area contributed by atoms with Crippen LogP contribution in [0.15, 0.2) is 18.2 Å². The van der Waals surface area contributed by atoms with E-state index in [2.05, 4.69) is 0 Å². The lowest BCUT2D eigenvalue weighted by molar-refractivity contribution is -0.150. The Kier molecular flexibility index (Phi) is 3.45. The van der Waals surface area contributed by atoms with Gasteiger partial charge in [-0.2, -0.15) is 0 Å². The maximum absolute atomic E-state index is 10.8. The van der Waals surface area contributed by atoms with Crippen LogP contribution in [0.25, 0.3) is 0 Å². The van der Waals surface area contributed by atoms with Gasteiger partial charge in [-0.25, -0.2) is 4.79 Å². The number of hydrogen-bond donors (Lipinski definition) is 3. The molecule has 1 aromatic carbocycles. The fraction of sp³-hybridized carbons (Fsp3) is 0.364. The van der Waals surface area contributed by atoms with E-state index < -0.39 is 17.5 Å². The number of phenolic OH excluding ortho intramolecular Hbond substituents is 1. The summed E-state index contributed by atoms with van der Waals surface area (Å²) in [6, 6.07) is 4.62. The molecule has 0 saturated carbocycles. The molecule has 1 rings (SSSR count). The predicted octanol–water partition coefficient (Wildman–Crippen LogP) is 1.77. The Hall–Kier alpha value is -1.26. The van der Waals surface area contributed by atoms with Gasteiger partial charge in [0.15, 0.2) is 6.10 Å². The van der Waals surface area contributed by atoms with E-state index in [4.69, 9.17) is 16.7 Å². The number of phenols is 1. The Morgan fingerprint density at radius 3 is 2.50 bits per heavy atom. The Bertz CT molecular complexity index is 414. The second-order valence-electron chi connectivity index (χ2n) is 4.10. The van der Waals surface area contributed by atoms with E-state index in [1.54, 1.807) is 6.07 Å². The van der Waals surface area contributed by atoms with Crippen molar-refractivity contribution in [2.24, 2.45) is 0 Å². The molecule has 3 N–H and O–H groups in total. The Balaban J connectivity index is 3.26. The molecule has 0 amide bonds. The molecule has 0 bridgehead atoms. The molecule has 1 aromatic rings. The van der Waals surface area contributed by atoms with E-state index in [1.807, 2.05) is 0 Å². The molecule has 1 unspecified atom stereocenters. The summed E-state index contributed by atoms with van der Waals surface area (Å²) >= 11 is 5.73. The zero-order valence-electron chi connectivity index (χ0n) is 8.94. The number of carboxylic acids is 1. The summed E-state index contributed by atoms with van der Waals surface area (Å²) in [4.78, 5) is 10.8. The number of carboxylic acid groups (broad SMARTS) is 1. The van der Waals surface area contributed by atoms with E-state index in [1.165, 1.54) is 26.0 Å². The third kappa shape index (κ3) is 2.13. The summed E-state index contributed by atoms with van der Waals surface area (Å²) in [7, 11) is 0. The molecule has 4 nitrogen and oxygen atoms in total. The normalized spacial score (nSPS) is 13.5. The highest BCUT2D eigenvalue weighted by Gasteiger charge is 2.37. The number of benzene rings is 1. The highest BCUT2D eigenvalue weighted by atomic mass is 35.5. The smallest absolute Gasteiger partial charge is 0.333 e. The number of hydrogen-bond acceptors (Lipinski definition) is 3. The molecule has 0 radical (unpaired) electrons. The van der Waals surface area contributed by atoms with Crippen LogP contribution in [0.3, 0.4) is 0 Å². The van der Waals surface area contributed by atoms with Gasteiger partial charge in [-0.05, 0) is 6.07 Å². The number of para-hydroxylation sites is 1. The largest absolute Gasteiger partial charge is 0.506 e. The highest BCUT2D eigenvalue weighted by molar-refractivity contribution is 6.32. The van der Waals surface area contributed by atoms with Crippen LogP contribution < -0.4 is 0 Å². The molecular weight excluding hydrogens is 232 g/mol. The van der Waals surface area contributed by atoms with Gasteiger partial charge >= 0.3 is 5.97 Å². The van der Waals surface area contributed by atoms with Gasteiger partial charge in [0, 0.05) is 11.0 Å². The molecule has 0 saturated heterocycles. The minimum absolute atomic E-state index is 0.128. The van der Waals surface area contributed by atoms with Gasteiger partial charge in [0.05, 0.1) is 5.02 Å². The lowest BCUT2D eigenvalue weighted by Gasteiger charge is -2.29. The van der Waals surface area contributed by atoms with Crippen molar-refractivity contribution in [3.05, 3.63) is 28.8 Å². The Morgan fingerprint density at radius 1 is 1.44 bits per heavy atom. The summed E-state index contributed by atoms with van der Waals surface area (Å²) in [5.74, 6) is -1.54. The maximum atomic E-state index is 10.8. The number of aromatic hydroxyl groups is 1. The van der Waals surface area contributed by atoms with Crippen LogP contribution in [-0.2, 0) is 10.2 Å². The number of halogens is 1. The quantitative estimate of drug-likeness (QED) is 0.757. The van der Waals surface area contributed by atoms with Gasteiger partial charge in [-0.3, -0.25) is 0 Å². The molecule has 0 aromatic heterocycles. The van der Waals surface area contributed by atoms with Gasteiger partial charge in [0.1, 0.15) is 5.75 Å². The van der Waals surface area contributed by atoms with Gasteiger partial charge in [0.2, 0.25) is 0 Å². The summed E-state index contributed by atoms with van der Waals surface area (Å²) < 4.78 is 0.